The van der Waals surface area contributed by atoms with E-state index >= 15 is 0 Å². The zero-order valence-electron chi connectivity index (χ0n) is 11.1. The Morgan fingerprint density at radius 1 is 0.952 bits per heavy atom. The summed E-state index contributed by atoms with van der Waals surface area (Å²) in [4.78, 5) is 0. The highest BCUT2D eigenvalue weighted by Crippen LogP contribution is 2.41. The summed E-state index contributed by atoms with van der Waals surface area (Å²) in [6.45, 7) is 0.114. The van der Waals surface area contributed by atoms with Crippen molar-refractivity contribution in [3.63, 3.8) is 0 Å². The summed E-state index contributed by atoms with van der Waals surface area (Å²) in [7, 11) is 0. The summed E-state index contributed by atoms with van der Waals surface area (Å²) in [5.74, 6) is -5.16. The lowest BCUT2D eigenvalue weighted by molar-refractivity contribution is 0.458. The lowest BCUT2D eigenvalue weighted by atomic mass is 10.0. The summed E-state index contributed by atoms with van der Waals surface area (Å²) in [5.41, 5.74) is 1.23. The molecule has 0 radical (unpaired) electrons. The number of hydrogen-bond donors (Lipinski definition) is 1. The zero-order chi connectivity index (χ0) is 15.0. The highest BCUT2D eigenvalue weighted by molar-refractivity contribution is 5.48. The summed E-state index contributed by atoms with van der Waals surface area (Å²) < 4.78 is 53.4. The second-order valence-electron chi connectivity index (χ2n) is 5.17. The van der Waals surface area contributed by atoms with Gasteiger partial charge in [-0.3, -0.25) is 0 Å². The second-order valence-corrected chi connectivity index (χ2v) is 5.17. The number of benzene rings is 2. The van der Waals surface area contributed by atoms with Crippen LogP contribution in [0.4, 0.5) is 23.2 Å². The molecule has 2 aromatic rings. The third-order valence-electron chi connectivity index (χ3n) is 3.64. The van der Waals surface area contributed by atoms with Crippen molar-refractivity contribution in [3.05, 3.63) is 64.7 Å². The highest BCUT2D eigenvalue weighted by atomic mass is 19.2. The predicted octanol–water partition coefficient (Wildman–Crippen LogP) is 4.73. The Morgan fingerprint density at radius 2 is 1.57 bits per heavy atom. The van der Waals surface area contributed by atoms with Crippen LogP contribution in [0.3, 0.4) is 0 Å². The molecule has 21 heavy (non-hydrogen) atoms. The van der Waals surface area contributed by atoms with Crippen LogP contribution in [-0.2, 0) is 6.54 Å². The molecule has 1 aliphatic carbocycles. The number of nitrogens with one attached hydrogen (secondary N) is 1. The molecule has 0 atom stereocenters. The van der Waals surface area contributed by atoms with Crippen LogP contribution in [0.1, 0.15) is 29.9 Å². The Labute approximate surface area is 119 Å². The van der Waals surface area contributed by atoms with E-state index < -0.39 is 29.0 Å². The molecule has 0 unspecified atom stereocenters. The van der Waals surface area contributed by atoms with E-state index in [4.69, 9.17) is 0 Å². The summed E-state index contributed by atoms with van der Waals surface area (Å²) in [6, 6.07) is 7.73. The Bertz CT molecular complexity index is 654. The van der Waals surface area contributed by atoms with Gasteiger partial charge in [-0.05, 0) is 29.9 Å². The fourth-order valence-electron chi connectivity index (χ4n) is 2.40. The standard InChI is InChI=1S/C16H13F4N/c17-12-7-13(18)15(20)16(14(12)19)21-8-10-3-1-2-4-11(10)9-5-6-9/h1-4,7,9,21H,5-6,8H2. The van der Waals surface area contributed by atoms with Crippen molar-refractivity contribution >= 4 is 5.69 Å². The van der Waals surface area contributed by atoms with E-state index in [1.807, 2.05) is 24.3 Å². The van der Waals surface area contributed by atoms with Crippen LogP contribution in [0.15, 0.2) is 30.3 Å². The molecule has 0 aromatic heterocycles. The fraction of sp³-hybridized carbons (Fsp3) is 0.250. The van der Waals surface area contributed by atoms with Crippen LogP contribution < -0.4 is 5.32 Å². The van der Waals surface area contributed by atoms with Crippen molar-refractivity contribution in [2.24, 2.45) is 0 Å². The van der Waals surface area contributed by atoms with E-state index in [1.165, 1.54) is 0 Å². The minimum Gasteiger partial charge on any atom is -0.376 e. The maximum absolute atomic E-state index is 13.6. The molecule has 2 aromatic carbocycles. The maximum Gasteiger partial charge on any atom is 0.185 e. The quantitative estimate of drug-likeness (QED) is 0.635. The molecule has 1 saturated carbocycles. The molecule has 110 valence electrons. The zero-order valence-corrected chi connectivity index (χ0v) is 11.1. The molecule has 1 fully saturated rings. The van der Waals surface area contributed by atoms with Gasteiger partial charge in [0.2, 0.25) is 0 Å². The molecule has 0 spiro atoms. The molecule has 0 aliphatic heterocycles. The minimum atomic E-state index is -1.41. The first-order valence-corrected chi connectivity index (χ1v) is 6.72. The molecule has 1 nitrogen and oxygen atoms in total. The Balaban J connectivity index is 1.86. The highest BCUT2D eigenvalue weighted by Gasteiger charge is 2.26. The predicted molar refractivity (Wildman–Crippen MR) is 72.0 cm³/mol. The molecule has 5 heteroatoms. The van der Waals surface area contributed by atoms with Crippen molar-refractivity contribution in [1.82, 2.24) is 0 Å². The van der Waals surface area contributed by atoms with Gasteiger partial charge in [0.05, 0.1) is 0 Å². The van der Waals surface area contributed by atoms with Gasteiger partial charge in [-0.25, -0.2) is 17.6 Å². The Morgan fingerprint density at radius 3 is 2.19 bits per heavy atom. The van der Waals surface area contributed by atoms with Crippen LogP contribution in [-0.4, -0.2) is 0 Å². The van der Waals surface area contributed by atoms with E-state index in [2.05, 4.69) is 5.32 Å². The van der Waals surface area contributed by atoms with E-state index in [0.717, 1.165) is 24.0 Å². The van der Waals surface area contributed by atoms with Crippen LogP contribution in [0.25, 0.3) is 0 Å². The van der Waals surface area contributed by atoms with Crippen LogP contribution in [0, 0.1) is 23.3 Å². The normalized spacial score (nSPS) is 14.3. The number of rotatable bonds is 4. The molecular formula is C16H13F4N. The van der Waals surface area contributed by atoms with Crippen LogP contribution >= 0.6 is 0 Å². The first-order chi connectivity index (χ1) is 10.1. The van der Waals surface area contributed by atoms with Gasteiger partial charge in [-0.15, -0.1) is 0 Å². The largest absolute Gasteiger partial charge is 0.376 e. The van der Waals surface area contributed by atoms with Crippen molar-refractivity contribution in [2.75, 3.05) is 5.32 Å². The van der Waals surface area contributed by atoms with Gasteiger partial charge < -0.3 is 5.32 Å². The van der Waals surface area contributed by atoms with Gasteiger partial charge in [0.1, 0.15) is 5.69 Å². The maximum atomic E-state index is 13.6. The van der Waals surface area contributed by atoms with Crippen LogP contribution in [0.2, 0.25) is 0 Å². The molecule has 0 amide bonds. The monoisotopic (exact) mass is 295 g/mol. The van der Waals surface area contributed by atoms with Crippen molar-refractivity contribution in [1.29, 1.82) is 0 Å². The molecule has 0 bridgehead atoms. The molecule has 1 N–H and O–H groups in total. The molecular weight excluding hydrogens is 282 g/mol. The van der Waals surface area contributed by atoms with E-state index in [9.17, 15) is 17.6 Å². The van der Waals surface area contributed by atoms with Gasteiger partial charge in [0, 0.05) is 12.6 Å². The number of halogens is 4. The number of anilines is 1. The molecule has 3 rings (SSSR count). The first-order valence-electron chi connectivity index (χ1n) is 6.72. The summed E-state index contributed by atoms with van der Waals surface area (Å²) >= 11 is 0. The third-order valence-corrected chi connectivity index (χ3v) is 3.64. The van der Waals surface area contributed by atoms with Crippen molar-refractivity contribution in [3.8, 4) is 0 Å². The first kappa shape index (κ1) is 13.9. The van der Waals surface area contributed by atoms with Gasteiger partial charge in [-0.1, -0.05) is 24.3 Å². The van der Waals surface area contributed by atoms with Gasteiger partial charge >= 0.3 is 0 Å². The van der Waals surface area contributed by atoms with Crippen molar-refractivity contribution < 1.29 is 17.6 Å². The fourth-order valence-corrected chi connectivity index (χ4v) is 2.40. The SMILES string of the molecule is Fc1cc(F)c(F)c(NCc2ccccc2C2CC2)c1F. The van der Waals surface area contributed by atoms with Gasteiger partial charge in [0.25, 0.3) is 0 Å². The average molecular weight is 295 g/mol. The number of hydrogen-bond acceptors (Lipinski definition) is 1. The van der Waals surface area contributed by atoms with Crippen molar-refractivity contribution in [2.45, 2.75) is 25.3 Å². The summed E-state index contributed by atoms with van der Waals surface area (Å²) in [6.07, 6.45) is 2.18. The molecule has 0 heterocycles. The topological polar surface area (TPSA) is 12.0 Å². The van der Waals surface area contributed by atoms with Gasteiger partial charge in [-0.2, -0.15) is 0 Å². The van der Waals surface area contributed by atoms with E-state index in [1.54, 1.807) is 0 Å². The molecule has 0 saturated heterocycles. The second kappa shape index (κ2) is 5.39. The summed E-state index contributed by atoms with van der Waals surface area (Å²) in [5, 5.41) is 2.47. The Kier molecular flexibility index (Phi) is 3.57. The average Bonchev–Trinajstić information content (AvgIpc) is 3.30. The molecule has 1 aliphatic rings. The van der Waals surface area contributed by atoms with Gasteiger partial charge in [0.15, 0.2) is 23.3 Å². The van der Waals surface area contributed by atoms with E-state index in [0.29, 0.717) is 5.92 Å². The van der Waals surface area contributed by atoms with E-state index in [-0.39, 0.29) is 12.6 Å². The third kappa shape index (κ3) is 2.73. The van der Waals surface area contributed by atoms with Crippen LogP contribution in [0.5, 0.6) is 0 Å². The lowest BCUT2D eigenvalue weighted by Gasteiger charge is -2.13. The lowest BCUT2D eigenvalue weighted by Crippen LogP contribution is -2.08. The minimum absolute atomic E-state index is 0.114. The smallest absolute Gasteiger partial charge is 0.185 e. The Hall–Kier alpha value is -2.04.